The number of hydrogen-bond donors (Lipinski definition) is 2. The van der Waals surface area contributed by atoms with Crippen LogP contribution < -0.4 is 10.6 Å². The highest BCUT2D eigenvalue weighted by Gasteiger charge is 2.10. The molecule has 0 saturated carbocycles. The number of benzene rings is 2. The van der Waals surface area contributed by atoms with Gasteiger partial charge in [-0.1, -0.05) is 49.2 Å². The SMILES string of the molecule is CC(C)c1ccc(NC(=O)/C(C#N)=C\Nc2ccc(Cl)c(Cl)c2)cc1. The van der Waals surface area contributed by atoms with Crippen LogP contribution >= 0.6 is 23.2 Å². The quantitative estimate of drug-likeness (QED) is 0.531. The number of carbonyl (C=O) groups excluding carboxylic acids is 1. The molecule has 2 aromatic carbocycles. The van der Waals surface area contributed by atoms with Crippen molar-refractivity contribution in [1.29, 1.82) is 5.26 Å². The Labute approximate surface area is 157 Å². The minimum atomic E-state index is -0.493. The first kappa shape index (κ1) is 18.9. The summed E-state index contributed by atoms with van der Waals surface area (Å²) in [5.74, 6) is -0.0814. The first-order valence-electron chi connectivity index (χ1n) is 7.64. The number of anilines is 2. The lowest BCUT2D eigenvalue weighted by Crippen LogP contribution is -2.14. The van der Waals surface area contributed by atoms with Crippen LogP contribution in [0.25, 0.3) is 0 Å². The third kappa shape index (κ3) is 5.25. The number of nitrogens with one attached hydrogen (secondary N) is 2. The zero-order valence-electron chi connectivity index (χ0n) is 13.8. The van der Waals surface area contributed by atoms with Gasteiger partial charge in [-0.3, -0.25) is 4.79 Å². The highest BCUT2D eigenvalue weighted by atomic mass is 35.5. The number of nitrogens with zero attached hydrogens (tertiary/aromatic N) is 1. The van der Waals surface area contributed by atoms with Gasteiger partial charge < -0.3 is 10.6 Å². The molecule has 0 aliphatic carbocycles. The van der Waals surface area contributed by atoms with Gasteiger partial charge in [-0.25, -0.2) is 0 Å². The summed E-state index contributed by atoms with van der Waals surface area (Å²) in [6, 6.07) is 14.3. The Balaban J connectivity index is 2.07. The third-order valence-electron chi connectivity index (χ3n) is 3.50. The maximum atomic E-state index is 12.2. The minimum absolute atomic E-state index is 0.0565. The highest BCUT2D eigenvalue weighted by Crippen LogP contribution is 2.25. The van der Waals surface area contributed by atoms with Crippen LogP contribution in [-0.2, 0) is 4.79 Å². The summed E-state index contributed by atoms with van der Waals surface area (Å²) in [7, 11) is 0. The molecule has 1 amide bonds. The predicted octanol–water partition coefficient (Wildman–Crippen LogP) is 5.57. The molecule has 6 heteroatoms. The van der Waals surface area contributed by atoms with Crippen LogP contribution in [0.1, 0.15) is 25.3 Å². The van der Waals surface area contributed by atoms with Crippen molar-refractivity contribution in [3.63, 3.8) is 0 Å². The van der Waals surface area contributed by atoms with Gasteiger partial charge in [-0.2, -0.15) is 5.26 Å². The number of nitriles is 1. The lowest BCUT2D eigenvalue weighted by Gasteiger charge is -2.08. The second kappa shape index (κ2) is 8.57. The van der Waals surface area contributed by atoms with Crippen LogP contribution in [0.15, 0.2) is 54.2 Å². The van der Waals surface area contributed by atoms with Crippen LogP contribution in [-0.4, -0.2) is 5.91 Å². The van der Waals surface area contributed by atoms with Crippen LogP contribution in [0.3, 0.4) is 0 Å². The Morgan fingerprint density at radius 1 is 1.08 bits per heavy atom. The Kier molecular flexibility index (Phi) is 6.46. The molecule has 2 rings (SSSR count). The van der Waals surface area contributed by atoms with E-state index in [0.29, 0.717) is 27.3 Å². The normalized spacial score (nSPS) is 11.1. The fraction of sp³-hybridized carbons (Fsp3) is 0.158. The van der Waals surface area contributed by atoms with Crippen LogP contribution in [0.2, 0.25) is 10.0 Å². The summed E-state index contributed by atoms with van der Waals surface area (Å²) >= 11 is 11.8. The maximum Gasteiger partial charge on any atom is 0.267 e. The summed E-state index contributed by atoms with van der Waals surface area (Å²) in [4.78, 5) is 12.2. The molecule has 128 valence electrons. The molecule has 2 N–H and O–H groups in total. The summed E-state index contributed by atoms with van der Waals surface area (Å²) < 4.78 is 0. The number of halogens is 2. The van der Waals surface area contributed by atoms with Crippen molar-refractivity contribution in [3.05, 3.63) is 69.8 Å². The zero-order chi connectivity index (χ0) is 18.4. The van der Waals surface area contributed by atoms with Gasteiger partial charge in [0.25, 0.3) is 5.91 Å². The number of amides is 1. The van der Waals surface area contributed by atoms with Gasteiger partial charge in [0.2, 0.25) is 0 Å². The molecule has 0 unspecified atom stereocenters. The molecule has 0 atom stereocenters. The predicted molar refractivity (Wildman–Crippen MR) is 103 cm³/mol. The van der Waals surface area contributed by atoms with Gasteiger partial charge in [0.05, 0.1) is 10.0 Å². The topological polar surface area (TPSA) is 64.9 Å². The Bertz CT molecular complexity index is 837. The molecular weight excluding hydrogens is 357 g/mol. The molecule has 0 saturated heterocycles. The molecule has 0 bridgehead atoms. The molecule has 0 fully saturated rings. The molecule has 4 nitrogen and oxygen atoms in total. The lowest BCUT2D eigenvalue weighted by atomic mass is 10.0. The molecular formula is C19H17Cl2N3O. The van der Waals surface area contributed by atoms with Crippen molar-refractivity contribution in [3.8, 4) is 6.07 Å². The molecule has 25 heavy (non-hydrogen) atoms. The van der Waals surface area contributed by atoms with Gasteiger partial charge >= 0.3 is 0 Å². The molecule has 0 aromatic heterocycles. The summed E-state index contributed by atoms with van der Waals surface area (Å²) in [5, 5.41) is 15.6. The Hall–Kier alpha value is -2.48. The fourth-order valence-electron chi connectivity index (χ4n) is 2.04. The monoisotopic (exact) mass is 373 g/mol. The van der Waals surface area contributed by atoms with E-state index in [1.807, 2.05) is 30.3 Å². The molecule has 0 heterocycles. The van der Waals surface area contributed by atoms with Gasteiger partial charge in [-0.05, 0) is 41.8 Å². The van der Waals surface area contributed by atoms with Gasteiger partial charge in [0.15, 0.2) is 0 Å². The van der Waals surface area contributed by atoms with E-state index in [4.69, 9.17) is 23.2 Å². The van der Waals surface area contributed by atoms with Crippen LogP contribution in [0, 0.1) is 11.3 Å². The smallest absolute Gasteiger partial charge is 0.267 e. The molecule has 0 spiro atoms. The standard InChI is InChI=1S/C19H17Cl2N3O/c1-12(2)13-3-5-15(6-4-13)24-19(25)14(10-22)11-23-16-7-8-17(20)18(21)9-16/h3-9,11-12,23H,1-2H3,(H,24,25)/b14-11-. The first-order chi connectivity index (χ1) is 11.9. The van der Waals surface area contributed by atoms with Crippen LogP contribution in [0.5, 0.6) is 0 Å². The maximum absolute atomic E-state index is 12.2. The lowest BCUT2D eigenvalue weighted by molar-refractivity contribution is -0.112. The summed E-state index contributed by atoms with van der Waals surface area (Å²) in [6.07, 6.45) is 1.33. The molecule has 0 radical (unpaired) electrons. The van der Waals surface area contributed by atoms with E-state index < -0.39 is 5.91 Å². The van der Waals surface area contributed by atoms with Crippen molar-refractivity contribution in [2.45, 2.75) is 19.8 Å². The largest absolute Gasteiger partial charge is 0.360 e. The number of hydrogen-bond acceptors (Lipinski definition) is 3. The third-order valence-corrected chi connectivity index (χ3v) is 4.24. The van der Waals surface area contributed by atoms with Gasteiger partial charge in [-0.15, -0.1) is 0 Å². The van der Waals surface area contributed by atoms with E-state index in [2.05, 4.69) is 24.5 Å². The van der Waals surface area contributed by atoms with Gasteiger partial charge in [0, 0.05) is 17.6 Å². The van der Waals surface area contributed by atoms with E-state index in [1.54, 1.807) is 18.2 Å². The van der Waals surface area contributed by atoms with Crippen molar-refractivity contribution in [1.82, 2.24) is 0 Å². The van der Waals surface area contributed by atoms with E-state index in [-0.39, 0.29) is 5.57 Å². The van der Waals surface area contributed by atoms with Crippen molar-refractivity contribution in [2.24, 2.45) is 0 Å². The van der Waals surface area contributed by atoms with E-state index in [1.165, 1.54) is 11.8 Å². The van der Waals surface area contributed by atoms with E-state index in [9.17, 15) is 10.1 Å². The Morgan fingerprint density at radius 2 is 1.72 bits per heavy atom. The van der Waals surface area contributed by atoms with Crippen molar-refractivity contribution < 1.29 is 4.79 Å². The summed E-state index contributed by atoms with van der Waals surface area (Å²) in [5.41, 5.74) is 2.37. The zero-order valence-corrected chi connectivity index (χ0v) is 15.3. The van der Waals surface area contributed by atoms with Crippen LogP contribution in [0.4, 0.5) is 11.4 Å². The van der Waals surface area contributed by atoms with Crippen molar-refractivity contribution in [2.75, 3.05) is 10.6 Å². The van der Waals surface area contributed by atoms with Crippen molar-refractivity contribution >= 4 is 40.5 Å². The number of carbonyl (C=O) groups is 1. The average molecular weight is 374 g/mol. The number of rotatable bonds is 5. The van der Waals surface area contributed by atoms with Gasteiger partial charge in [0.1, 0.15) is 11.6 Å². The fourth-order valence-corrected chi connectivity index (χ4v) is 2.34. The second-order valence-electron chi connectivity index (χ2n) is 5.67. The second-order valence-corrected chi connectivity index (χ2v) is 6.49. The molecule has 0 aliphatic heterocycles. The molecule has 0 aliphatic rings. The first-order valence-corrected chi connectivity index (χ1v) is 8.39. The van der Waals surface area contributed by atoms with E-state index in [0.717, 1.165) is 0 Å². The average Bonchev–Trinajstić information content (AvgIpc) is 2.59. The Morgan fingerprint density at radius 3 is 2.28 bits per heavy atom. The highest BCUT2D eigenvalue weighted by molar-refractivity contribution is 6.42. The minimum Gasteiger partial charge on any atom is -0.360 e. The van der Waals surface area contributed by atoms with E-state index >= 15 is 0 Å². The molecule has 2 aromatic rings. The summed E-state index contributed by atoms with van der Waals surface area (Å²) in [6.45, 7) is 4.19.